The van der Waals surface area contributed by atoms with Gasteiger partial charge in [0.05, 0.1) is 21.0 Å². The van der Waals surface area contributed by atoms with Crippen LogP contribution in [-0.2, 0) is 21.4 Å². The highest BCUT2D eigenvalue weighted by Crippen LogP contribution is 2.55. The first-order valence-corrected chi connectivity index (χ1v) is 11.5. The van der Waals surface area contributed by atoms with E-state index in [1.165, 1.54) is 12.1 Å². The van der Waals surface area contributed by atoms with Crippen LogP contribution in [0.2, 0.25) is 10.0 Å². The van der Waals surface area contributed by atoms with Crippen molar-refractivity contribution in [2.75, 3.05) is 11.4 Å². The molecule has 0 bridgehead atoms. The number of carboxylic acids is 1. The van der Waals surface area contributed by atoms with Crippen molar-refractivity contribution < 1.29 is 19.5 Å². The minimum Gasteiger partial charge on any atom is -0.480 e. The number of carbonyl (C=O) groups excluding carboxylic acids is 2. The maximum Gasteiger partial charge on any atom is 0.326 e. The van der Waals surface area contributed by atoms with Gasteiger partial charge in [-0.15, -0.1) is 0 Å². The quantitative estimate of drug-likeness (QED) is 0.514. The standard InChI is InChI=1S/C26H20Cl2N2O4/c27-18-5-3-6-19(28)23(18)24(32)29-20(25(33)34)12-15-8-10-16(11-9-15)30-14-26(13-22(26)31)17-4-1-2-7-21(17)30/h1-11,20H,12-14H2,(H,29,32)(H,33,34). The Kier molecular flexibility index (Phi) is 5.58. The maximum absolute atomic E-state index is 12.7. The summed E-state index contributed by atoms with van der Waals surface area (Å²) in [7, 11) is 0. The largest absolute Gasteiger partial charge is 0.480 e. The number of Topliss-reactive ketones (excluding diaryl/α,β-unsaturated/α-hetero) is 1. The van der Waals surface area contributed by atoms with Crippen molar-refractivity contribution in [2.24, 2.45) is 0 Å². The van der Waals surface area contributed by atoms with E-state index in [4.69, 9.17) is 23.2 Å². The molecule has 34 heavy (non-hydrogen) atoms. The summed E-state index contributed by atoms with van der Waals surface area (Å²) in [5.41, 5.74) is 3.40. The van der Waals surface area contributed by atoms with Crippen molar-refractivity contribution in [1.82, 2.24) is 5.32 Å². The highest BCUT2D eigenvalue weighted by Gasteiger charge is 2.60. The number of nitrogens with zero attached hydrogens (tertiary/aromatic N) is 1. The van der Waals surface area contributed by atoms with Crippen LogP contribution in [0.15, 0.2) is 66.7 Å². The number of hydrogen-bond donors (Lipinski definition) is 2. The van der Waals surface area contributed by atoms with E-state index in [0.717, 1.165) is 22.5 Å². The maximum atomic E-state index is 12.7. The van der Waals surface area contributed by atoms with Crippen LogP contribution in [0.1, 0.15) is 27.9 Å². The van der Waals surface area contributed by atoms with E-state index in [9.17, 15) is 19.5 Å². The van der Waals surface area contributed by atoms with Gasteiger partial charge in [-0.25, -0.2) is 4.79 Å². The van der Waals surface area contributed by atoms with E-state index < -0.39 is 23.3 Å². The molecule has 5 rings (SSSR count). The number of anilines is 2. The lowest BCUT2D eigenvalue weighted by Gasteiger charge is -2.21. The zero-order valence-electron chi connectivity index (χ0n) is 17.9. The summed E-state index contributed by atoms with van der Waals surface area (Å²) in [6, 6.07) is 18.9. The molecule has 2 unspecified atom stereocenters. The monoisotopic (exact) mass is 494 g/mol. The fourth-order valence-corrected chi connectivity index (χ4v) is 5.17. The molecule has 1 heterocycles. The third-order valence-electron chi connectivity index (χ3n) is 6.49. The number of benzene rings is 3. The fraction of sp³-hybridized carbons (Fsp3) is 0.192. The van der Waals surface area contributed by atoms with Gasteiger partial charge in [-0.2, -0.15) is 0 Å². The van der Waals surface area contributed by atoms with E-state index in [2.05, 4.69) is 10.2 Å². The third-order valence-corrected chi connectivity index (χ3v) is 7.12. The molecule has 0 radical (unpaired) electrons. The zero-order valence-corrected chi connectivity index (χ0v) is 19.4. The number of halogens is 2. The summed E-state index contributed by atoms with van der Waals surface area (Å²) in [4.78, 5) is 38.8. The van der Waals surface area contributed by atoms with E-state index in [-0.39, 0.29) is 27.8 Å². The lowest BCUT2D eigenvalue weighted by atomic mass is 9.99. The molecule has 3 aromatic rings. The van der Waals surface area contributed by atoms with Crippen molar-refractivity contribution in [3.8, 4) is 0 Å². The van der Waals surface area contributed by atoms with Crippen LogP contribution in [0.5, 0.6) is 0 Å². The molecule has 1 spiro atoms. The number of nitrogens with one attached hydrogen (secondary N) is 1. The van der Waals surface area contributed by atoms with Crippen molar-refractivity contribution in [3.05, 3.63) is 93.5 Å². The molecule has 2 atom stereocenters. The Balaban J connectivity index is 1.33. The number of ketones is 1. The number of amides is 1. The SMILES string of the molecule is O=C(NC(Cc1ccc(N2CC3(CC3=O)c3ccccc32)cc1)C(=O)O)c1c(Cl)cccc1Cl. The highest BCUT2D eigenvalue weighted by atomic mass is 35.5. The van der Waals surface area contributed by atoms with E-state index in [1.807, 2.05) is 48.5 Å². The summed E-state index contributed by atoms with van der Waals surface area (Å²) in [5, 5.41) is 12.5. The van der Waals surface area contributed by atoms with Crippen molar-refractivity contribution in [1.29, 1.82) is 0 Å². The number of carboxylic acid groups (broad SMARTS) is 1. The van der Waals surface area contributed by atoms with Gasteiger partial charge < -0.3 is 15.3 Å². The molecule has 172 valence electrons. The molecular weight excluding hydrogens is 475 g/mol. The third kappa shape index (κ3) is 3.83. The Hall–Kier alpha value is -3.35. The molecule has 1 saturated carbocycles. The molecule has 0 aromatic heterocycles. The fourth-order valence-electron chi connectivity index (χ4n) is 4.60. The summed E-state index contributed by atoms with van der Waals surface area (Å²) in [6.07, 6.45) is 0.649. The Morgan fingerprint density at radius 2 is 1.65 bits per heavy atom. The average Bonchev–Trinajstić information content (AvgIpc) is 3.34. The molecule has 0 saturated heterocycles. The van der Waals surface area contributed by atoms with Gasteiger partial charge in [0.15, 0.2) is 0 Å². The Bertz CT molecular complexity index is 1300. The van der Waals surface area contributed by atoms with Gasteiger partial charge in [0.25, 0.3) is 5.91 Å². The second-order valence-electron chi connectivity index (χ2n) is 8.62. The zero-order chi connectivity index (χ0) is 24.0. The second-order valence-corrected chi connectivity index (χ2v) is 9.43. The predicted octanol–water partition coefficient (Wildman–Crippen LogP) is 4.78. The van der Waals surface area contributed by atoms with E-state index in [1.54, 1.807) is 6.07 Å². The second kappa shape index (κ2) is 8.46. The van der Waals surface area contributed by atoms with Crippen LogP contribution in [-0.4, -0.2) is 35.4 Å². The molecule has 3 aromatic carbocycles. The average molecular weight is 495 g/mol. The number of rotatable bonds is 6. The molecule has 8 heteroatoms. The topological polar surface area (TPSA) is 86.7 Å². The number of para-hydroxylation sites is 1. The highest BCUT2D eigenvalue weighted by molar-refractivity contribution is 6.39. The van der Waals surface area contributed by atoms with Gasteiger partial charge in [0.1, 0.15) is 11.8 Å². The van der Waals surface area contributed by atoms with E-state index >= 15 is 0 Å². The summed E-state index contributed by atoms with van der Waals surface area (Å²) >= 11 is 12.2. The van der Waals surface area contributed by atoms with Crippen LogP contribution >= 0.6 is 23.2 Å². The van der Waals surface area contributed by atoms with Gasteiger partial charge in [0, 0.05) is 30.8 Å². The van der Waals surface area contributed by atoms with Crippen molar-refractivity contribution >= 4 is 52.2 Å². The molecule has 1 aliphatic carbocycles. The number of carbonyl (C=O) groups is 3. The van der Waals surface area contributed by atoms with Gasteiger partial charge >= 0.3 is 5.97 Å². The van der Waals surface area contributed by atoms with Crippen LogP contribution in [0.3, 0.4) is 0 Å². The molecule has 6 nitrogen and oxygen atoms in total. The number of hydrogen-bond acceptors (Lipinski definition) is 4. The van der Waals surface area contributed by atoms with Crippen LogP contribution in [0.4, 0.5) is 11.4 Å². The van der Waals surface area contributed by atoms with Gasteiger partial charge in [-0.05, 0) is 41.5 Å². The minimum absolute atomic E-state index is 0.0451. The predicted molar refractivity (Wildman–Crippen MR) is 130 cm³/mol. The van der Waals surface area contributed by atoms with Crippen molar-refractivity contribution in [3.63, 3.8) is 0 Å². The minimum atomic E-state index is -1.16. The molecular formula is C26H20Cl2N2O4. The first kappa shape index (κ1) is 22.4. The number of fused-ring (bicyclic) bond motifs is 2. The summed E-state index contributed by atoms with van der Waals surface area (Å²) in [5.74, 6) is -1.55. The van der Waals surface area contributed by atoms with E-state index in [0.29, 0.717) is 13.0 Å². The first-order valence-electron chi connectivity index (χ1n) is 10.8. The molecule has 1 aliphatic heterocycles. The van der Waals surface area contributed by atoms with Crippen molar-refractivity contribution in [2.45, 2.75) is 24.3 Å². The molecule has 2 N–H and O–H groups in total. The van der Waals surface area contributed by atoms with Gasteiger partial charge in [-0.1, -0.05) is 59.6 Å². The summed E-state index contributed by atoms with van der Waals surface area (Å²) in [6.45, 7) is 0.608. The lowest BCUT2D eigenvalue weighted by molar-refractivity contribution is -0.139. The molecule has 2 aliphatic rings. The Morgan fingerprint density at radius 3 is 2.26 bits per heavy atom. The van der Waals surface area contributed by atoms with Crippen LogP contribution in [0.25, 0.3) is 0 Å². The molecule has 1 fully saturated rings. The number of aliphatic carboxylic acids is 1. The van der Waals surface area contributed by atoms with Gasteiger partial charge in [0.2, 0.25) is 0 Å². The molecule has 1 amide bonds. The van der Waals surface area contributed by atoms with Gasteiger partial charge in [-0.3, -0.25) is 9.59 Å². The smallest absolute Gasteiger partial charge is 0.326 e. The Morgan fingerprint density at radius 1 is 1.00 bits per heavy atom. The normalized spacial score (nSPS) is 19.1. The first-order chi connectivity index (χ1) is 16.3. The van der Waals surface area contributed by atoms with Crippen LogP contribution in [0, 0.1) is 0 Å². The summed E-state index contributed by atoms with van der Waals surface area (Å²) < 4.78 is 0. The van der Waals surface area contributed by atoms with Crippen LogP contribution < -0.4 is 10.2 Å². The Labute approximate surface area is 206 Å². The lowest BCUT2D eigenvalue weighted by Crippen LogP contribution is -2.42.